The standard InChI is InChI=1S/C11H5BrF2N4/c12-6-1-8(13)11(9(14)2-6)18-10-5-16-7(3-15)4-17-10/h1-2,4-5H,(H,17,18). The Bertz CT molecular complexity index is 599. The van der Waals surface area contributed by atoms with Crippen LogP contribution in [-0.2, 0) is 0 Å². The van der Waals surface area contributed by atoms with Crippen LogP contribution in [0.25, 0.3) is 0 Å². The number of nitrogens with zero attached hydrogens (tertiary/aromatic N) is 3. The van der Waals surface area contributed by atoms with Gasteiger partial charge in [0.05, 0.1) is 12.4 Å². The van der Waals surface area contributed by atoms with Crippen LogP contribution >= 0.6 is 15.9 Å². The van der Waals surface area contributed by atoms with Gasteiger partial charge in [-0.25, -0.2) is 18.7 Å². The van der Waals surface area contributed by atoms with Crippen molar-refractivity contribution in [3.05, 3.63) is 46.3 Å². The summed E-state index contributed by atoms with van der Waals surface area (Å²) in [6.07, 6.45) is 2.43. The minimum absolute atomic E-state index is 0.123. The van der Waals surface area contributed by atoms with Crippen molar-refractivity contribution in [2.75, 3.05) is 5.32 Å². The predicted molar refractivity (Wildman–Crippen MR) is 64.1 cm³/mol. The Kier molecular flexibility index (Phi) is 3.48. The zero-order valence-electron chi connectivity index (χ0n) is 8.78. The van der Waals surface area contributed by atoms with Crippen molar-refractivity contribution in [2.24, 2.45) is 0 Å². The summed E-state index contributed by atoms with van der Waals surface area (Å²) < 4.78 is 27.3. The first-order chi connectivity index (χ1) is 8.60. The molecule has 90 valence electrons. The van der Waals surface area contributed by atoms with E-state index in [1.54, 1.807) is 6.07 Å². The highest BCUT2D eigenvalue weighted by Gasteiger charge is 2.11. The number of hydrogen-bond donors (Lipinski definition) is 1. The molecule has 0 unspecified atom stereocenters. The minimum Gasteiger partial charge on any atom is -0.334 e. The number of halogens is 3. The molecule has 0 spiro atoms. The Morgan fingerprint density at radius 2 is 1.83 bits per heavy atom. The molecule has 0 saturated heterocycles. The minimum atomic E-state index is -0.756. The van der Waals surface area contributed by atoms with Crippen LogP contribution in [-0.4, -0.2) is 9.97 Å². The zero-order chi connectivity index (χ0) is 13.1. The third-order valence-corrected chi connectivity index (χ3v) is 2.48. The molecular formula is C11H5BrF2N4. The third-order valence-electron chi connectivity index (χ3n) is 2.03. The fourth-order valence-electron chi connectivity index (χ4n) is 1.24. The summed E-state index contributed by atoms with van der Waals surface area (Å²) in [6, 6.07) is 4.05. The lowest BCUT2D eigenvalue weighted by Crippen LogP contribution is -2.00. The van der Waals surface area contributed by atoms with Crippen molar-refractivity contribution in [3.63, 3.8) is 0 Å². The van der Waals surface area contributed by atoms with Gasteiger partial charge in [-0.15, -0.1) is 0 Å². The summed E-state index contributed by atoms with van der Waals surface area (Å²) in [5, 5.41) is 11.0. The normalized spacial score (nSPS) is 9.89. The van der Waals surface area contributed by atoms with Crippen molar-refractivity contribution in [1.82, 2.24) is 9.97 Å². The Labute approximate surface area is 109 Å². The fraction of sp³-hybridized carbons (Fsp3) is 0. The average Bonchev–Trinajstić information content (AvgIpc) is 2.34. The maximum absolute atomic E-state index is 13.5. The van der Waals surface area contributed by atoms with Gasteiger partial charge in [-0.3, -0.25) is 0 Å². The Morgan fingerprint density at radius 3 is 2.33 bits per heavy atom. The topological polar surface area (TPSA) is 61.6 Å². The van der Waals surface area contributed by atoms with Crippen LogP contribution in [0.3, 0.4) is 0 Å². The first-order valence-corrected chi connectivity index (χ1v) is 5.53. The van der Waals surface area contributed by atoms with Crippen LogP contribution in [0.15, 0.2) is 29.0 Å². The molecule has 1 heterocycles. The van der Waals surface area contributed by atoms with Crippen molar-refractivity contribution >= 4 is 27.4 Å². The largest absolute Gasteiger partial charge is 0.334 e. The van der Waals surface area contributed by atoms with Gasteiger partial charge in [-0.1, -0.05) is 15.9 Å². The molecule has 7 heteroatoms. The van der Waals surface area contributed by atoms with Crippen LogP contribution in [0.1, 0.15) is 5.69 Å². The first-order valence-electron chi connectivity index (χ1n) is 4.74. The summed E-state index contributed by atoms with van der Waals surface area (Å²) in [5.74, 6) is -1.37. The molecule has 0 amide bonds. The lowest BCUT2D eigenvalue weighted by atomic mass is 10.3. The summed E-state index contributed by atoms with van der Waals surface area (Å²) in [5.41, 5.74) is -0.200. The van der Waals surface area contributed by atoms with Gasteiger partial charge in [0, 0.05) is 4.47 Å². The molecule has 18 heavy (non-hydrogen) atoms. The smallest absolute Gasteiger partial charge is 0.158 e. The van der Waals surface area contributed by atoms with Gasteiger partial charge in [0.2, 0.25) is 0 Å². The van der Waals surface area contributed by atoms with Gasteiger partial charge in [0.15, 0.2) is 17.3 Å². The van der Waals surface area contributed by atoms with E-state index in [1.165, 1.54) is 12.4 Å². The van der Waals surface area contributed by atoms with Crippen LogP contribution in [0.4, 0.5) is 20.3 Å². The number of anilines is 2. The van der Waals surface area contributed by atoms with Gasteiger partial charge < -0.3 is 5.32 Å². The molecule has 0 saturated carbocycles. The van der Waals surface area contributed by atoms with Gasteiger partial charge in [0.25, 0.3) is 0 Å². The number of nitriles is 1. The number of rotatable bonds is 2. The van der Waals surface area contributed by atoms with Crippen LogP contribution in [0.5, 0.6) is 0 Å². The number of aromatic nitrogens is 2. The van der Waals surface area contributed by atoms with E-state index >= 15 is 0 Å². The predicted octanol–water partition coefficient (Wildman–Crippen LogP) is 3.13. The number of hydrogen-bond acceptors (Lipinski definition) is 4. The molecule has 1 aromatic heterocycles. The summed E-state index contributed by atoms with van der Waals surface area (Å²) in [6.45, 7) is 0. The molecule has 0 aliphatic heterocycles. The van der Waals surface area contributed by atoms with Crippen molar-refractivity contribution in [1.29, 1.82) is 5.26 Å². The summed E-state index contributed by atoms with van der Waals surface area (Å²) in [7, 11) is 0. The lowest BCUT2D eigenvalue weighted by Gasteiger charge is -2.07. The quantitative estimate of drug-likeness (QED) is 0.925. The molecule has 1 N–H and O–H groups in total. The van der Waals surface area contributed by atoms with Gasteiger partial charge in [-0.05, 0) is 12.1 Å². The maximum Gasteiger partial charge on any atom is 0.158 e. The van der Waals surface area contributed by atoms with Crippen molar-refractivity contribution in [2.45, 2.75) is 0 Å². The molecule has 0 fully saturated rings. The van der Waals surface area contributed by atoms with E-state index in [2.05, 4.69) is 31.2 Å². The molecular weight excluding hydrogens is 306 g/mol. The Morgan fingerprint density at radius 1 is 1.17 bits per heavy atom. The second-order valence-corrected chi connectivity index (χ2v) is 4.18. The van der Waals surface area contributed by atoms with Gasteiger partial charge >= 0.3 is 0 Å². The number of benzene rings is 1. The second kappa shape index (κ2) is 5.06. The molecule has 0 bridgehead atoms. The average molecular weight is 311 g/mol. The maximum atomic E-state index is 13.5. The summed E-state index contributed by atoms with van der Waals surface area (Å²) >= 11 is 2.98. The van der Waals surface area contributed by atoms with E-state index in [-0.39, 0.29) is 17.2 Å². The summed E-state index contributed by atoms with van der Waals surface area (Å²) in [4.78, 5) is 7.54. The van der Waals surface area contributed by atoms with Crippen LogP contribution in [0, 0.1) is 23.0 Å². The third kappa shape index (κ3) is 2.60. The fourth-order valence-corrected chi connectivity index (χ4v) is 1.64. The van der Waals surface area contributed by atoms with Gasteiger partial charge in [0.1, 0.15) is 17.6 Å². The molecule has 1 aromatic carbocycles. The SMILES string of the molecule is N#Cc1cnc(Nc2c(F)cc(Br)cc2F)cn1. The Balaban J connectivity index is 2.31. The molecule has 2 rings (SSSR count). The molecule has 2 aromatic rings. The monoisotopic (exact) mass is 310 g/mol. The number of nitrogens with one attached hydrogen (secondary N) is 1. The molecule has 4 nitrogen and oxygen atoms in total. The molecule has 0 aliphatic rings. The first kappa shape index (κ1) is 12.4. The van der Waals surface area contributed by atoms with Crippen LogP contribution in [0.2, 0.25) is 0 Å². The van der Waals surface area contributed by atoms with Crippen molar-refractivity contribution in [3.8, 4) is 6.07 Å². The molecule has 0 aliphatic carbocycles. The lowest BCUT2D eigenvalue weighted by molar-refractivity contribution is 0.589. The van der Waals surface area contributed by atoms with E-state index in [4.69, 9.17) is 5.26 Å². The molecule has 0 atom stereocenters. The van der Waals surface area contributed by atoms with E-state index in [0.717, 1.165) is 12.1 Å². The van der Waals surface area contributed by atoms with E-state index in [9.17, 15) is 8.78 Å². The van der Waals surface area contributed by atoms with E-state index < -0.39 is 11.6 Å². The van der Waals surface area contributed by atoms with Crippen molar-refractivity contribution < 1.29 is 8.78 Å². The highest BCUT2D eigenvalue weighted by molar-refractivity contribution is 9.10. The zero-order valence-corrected chi connectivity index (χ0v) is 10.4. The highest BCUT2D eigenvalue weighted by Crippen LogP contribution is 2.25. The van der Waals surface area contributed by atoms with E-state index in [0.29, 0.717) is 4.47 Å². The van der Waals surface area contributed by atoms with Gasteiger partial charge in [-0.2, -0.15) is 5.26 Å². The highest BCUT2D eigenvalue weighted by atomic mass is 79.9. The molecule has 0 radical (unpaired) electrons. The van der Waals surface area contributed by atoms with E-state index in [1.807, 2.05) is 0 Å². The van der Waals surface area contributed by atoms with Crippen LogP contribution < -0.4 is 5.32 Å². The Hall–Kier alpha value is -2.07. The second-order valence-electron chi connectivity index (χ2n) is 3.27.